The van der Waals surface area contributed by atoms with Crippen molar-refractivity contribution in [1.82, 2.24) is 0 Å². The van der Waals surface area contributed by atoms with E-state index in [2.05, 4.69) is 5.32 Å². The second-order valence-electron chi connectivity index (χ2n) is 5.14. The van der Waals surface area contributed by atoms with Gasteiger partial charge < -0.3 is 16.2 Å². The Morgan fingerprint density at radius 1 is 1.24 bits per heavy atom. The van der Waals surface area contributed by atoms with E-state index in [1.165, 1.54) is 0 Å². The molecule has 0 aromatic heterocycles. The van der Waals surface area contributed by atoms with Gasteiger partial charge in [-0.05, 0) is 35.4 Å². The fraction of sp³-hybridized carbons (Fsp3) is 0.250. The van der Waals surface area contributed by atoms with Gasteiger partial charge in [0.25, 0.3) is 0 Å². The van der Waals surface area contributed by atoms with Crippen molar-refractivity contribution < 1.29 is 14.7 Å². The van der Waals surface area contributed by atoms with E-state index in [1.807, 2.05) is 31.2 Å². The van der Waals surface area contributed by atoms with Crippen LogP contribution in [-0.4, -0.2) is 23.5 Å². The summed E-state index contributed by atoms with van der Waals surface area (Å²) in [4.78, 5) is 23.3. The van der Waals surface area contributed by atoms with Crippen LogP contribution in [0.4, 0.5) is 5.69 Å². The van der Waals surface area contributed by atoms with Crippen molar-refractivity contribution in [3.63, 3.8) is 0 Å². The Bertz CT molecular complexity index is 682. The molecule has 5 nitrogen and oxygen atoms in total. The van der Waals surface area contributed by atoms with E-state index in [1.54, 1.807) is 12.1 Å². The third-order valence-corrected chi connectivity index (χ3v) is 3.33. The lowest BCUT2D eigenvalue weighted by Crippen LogP contribution is -2.21. The quantitative estimate of drug-likeness (QED) is 0.787. The van der Waals surface area contributed by atoms with Crippen LogP contribution >= 0.6 is 0 Å². The summed E-state index contributed by atoms with van der Waals surface area (Å²) in [7, 11) is 0. The molecule has 5 heteroatoms. The normalized spacial score (nSPS) is 12.1. The van der Waals surface area contributed by atoms with Gasteiger partial charge in [0.15, 0.2) is 0 Å². The summed E-state index contributed by atoms with van der Waals surface area (Å²) in [6.07, 6.45) is 0.266. The van der Waals surface area contributed by atoms with E-state index in [4.69, 9.17) is 5.73 Å². The van der Waals surface area contributed by atoms with Gasteiger partial charge in [0.1, 0.15) is 0 Å². The predicted octanol–water partition coefficient (Wildman–Crippen LogP) is 2.46. The zero-order valence-electron chi connectivity index (χ0n) is 11.8. The number of nitrogens with one attached hydrogen (secondary N) is 1. The highest BCUT2D eigenvalue weighted by atomic mass is 16.4. The van der Waals surface area contributed by atoms with Crippen molar-refractivity contribution in [2.75, 3.05) is 11.9 Å². The maximum atomic E-state index is 11.9. The lowest BCUT2D eigenvalue weighted by atomic mass is 10.0. The maximum Gasteiger partial charge on any atom is 0.337 e. The number of benzene rings is 2. The minimum atomic E-state index is -1.07. The first kappa shape index (κ1) is 15.0. The van der Waals surface area contributed by atoms with Crippen molar-refractivity contribution >= 4 is 28.3 Å². The van der Waals surface area contributed by atoms with E-state index >= 15 is 0 Å². The summed E-state index contributed by atoms with van der Waals surface area (Å²) >= 11 is 0. The monoisotopic (exact) mass is 286 g/mol. The van der Waals surface area contributed by atoms with Crippen LogP contribution in [0.15, 0.2) is 36.4 Å². The molecule has 0 aliphatic rings. The second-order valence-corrected chi connectivity index (χ2v) is 5.14. The number of hydrogen-bond acceptors (Lipinski definition) is 3. The molecule has 0 aliphatic heterocycles. The first-order valence-corrected chi connectivity index (χ1v) is 6.77. The first-order valence-electron chi connectivity index (χ1n) is 6.77. The molecule has 0 radical (unpaired) electrons. The molecule has 0 saturated carbocycles. The number of hydrogen-bond donors (Lipinski definition) is 3. The van der Waals surface area contributed by atoms with Crippen LogP contribution in [0.1, 0.15) is 23.7 Å². The Labute approximate surface area is 122 Å². The van der Waals surface area contributed by atoms with Gasteiger partial charge >= 0.3 is 5.97 Å². The largest absolute Gasteiger partial charge is 0.478 e. The topological polar surface area (TPSA) is 92.4 Å². The SMILES string of the molecule is CC(CN)CC(=O)Nc1cc2ccccc2cc1C(=O)O. The first-order chi connectivity index (χ1) is 10.0. The molecule has 1 amide bonds. The van der Waals surface area contributed by atoms with Crippen molar-refractivity contribution in [3.8, 4) is 0 Å². The summed E-state index contributed by atoms with van der Waals surface area (Å²) in [5.74, 6) is -1.24. The molecule has 110 valence electrons. The van der Waals surface area contributed by atoms with E-state index in [-0.39, 0.29) is 23.8 Å². The summed E-state index contributed by atoms with van der Waals surface area (Å²) in [6.45, 7) is 2.29. The molecule has 0 saturated heterocycles. The summed E-state index contributed by atoms with van der Waals surface area (Å²) in [6, 6.07) is 10.7. The van der Waals surface area contributed by atoms with Gasteiger partial charge in [-0.3, -0.25) is 4.79 Å². The van der Waals surface area contributed by atoms with Crippen LogP contribution in [0.25, 0.3) is 10.8 Å². The molecule has 1 atom stereocenters. The van der Waals surface area contributed by atoms with Crippen molar-refractivity contribution in [3.05, 3.63) is 42.0 Å². The zero-order valence-corrected chi connectivity index (χ0v) is 11.8. The number of carbonyl (C=O) groups is 2. The number of amides is 1. The minimum Gasteiger partial charge on any atom is -0.478 e. The molecule has 0 heterocycles. The van der Waals surface area contributed by atoms with Gasteiger partial charge in [-0.25, -0.2) is 4.79 Å². The van der Waals surface area contributed by atoms with Crippen molar-refractivity contribution in [1.29, 1.82) is 0 Å². The van der Waals surface area contributed by atoms with Gasteiger partial charge in [-0.2, -0.15) is 0 Å². The van der Waals surface area contributed by atoms with Gasteiger partial charge in [-0.1, -0.05) is 31.2 Å². The third-order valence-electron chi connectivity index (χ3n) is 3.33. The van der Waals surface area contributed by atoms with Gasteiger partial charge in [0.2, 0.25) is 5.91 Å². The average molecular weight is 286 g/mol. The van der Waals surface area contributed by atoms with Crippen LogP contribution in [0.2, 0.25) is 0 Å². The number of nitrogens with two attached hydrogens (primary N) is 1. The molecular formula is C16H18N2O3. The average Bonchev–Trinajstić information content (AvgIpc) is 2.46. The van der Waals surface area contributed by atoms with E-state index < -0.39 is 5.97 Å². The van der Waals surface area contributed by atoms with Crippen molar-refractivity contribution in [2.45, 2.75) is 13.3 Å². The molecule has 0 aliphatic carbocycles. The molecule has 4 N–H and O–H groups in total. The Kier molecular flexibility index (Phi) is 4.55. The third kappa shape index (κ3) is 3.58. The zero-order chi connectivity index (χ0) is 15.4. The predicted molar refractivity (Wildman–Crippen MR) is 82.4 cm³/mol. The van der Waals surface area contributed by atoms with Crippen LogP contribution in [0, 0.1) is 5.92 Å². The lowest BCUT2D eigenvalue weighted by Gasteiger charge is -2.12. The summed E-state index contributed by atoms with van der Waals surface area (Å²) in [5.41, 5.74) is 5.89. The standard InChI is InChI=1S/C16H18N2O3/c1-10(9-17)6-15(19)18-14-8-12-5-3-2-4-11(12)7-13(14)16(20)21/h2-5,7-8,10H,6,9,17H2,1H3,(H,18,19)(H,20,21). The number of carbonyl (C=O) groups excluding carboxylic acids is 1. The Hall–Kier alpha value is -2.40. The number of carboxylic acid groups (broad SMARTS) is 1. The van der Waals surface area contributed by atoms with Crippen molar-refractivity contribution in [2.24, 2.45) is 11.7 Å². The molecule has 21 heavy (non-hydrogen) atoms. The summed E-state index contributed by atoms with van der Waals surface area (Å²) in [5, 5.41) is 13.7. The number of fused-ring (bicyclic) bond motifs is 1. The molecule has 2 aromatic rings. The lowest BCUT2D eigenvalue weighted by molar-refractivity contribution is -0.116. The minimum absolute atomic E-state index is 0.0544. The molecule has 0 spiro atoms. The van der Waals surface area contributed by atoms with E-state index in [0.29, 0.717) is 12.2 Å². The fourth-order valence-electron chi connectivity index (χ4n) is 2.12. The van der Waals surface area contributed by atoms with Gasteiger partial charge in [-0.15, -0.1) is 0 Å². The highest BCUT2D eigenvalue weighted by Gasteiger charge is 2.15. The molecule has 1 unspecified atom stereocenters. The molecular weight excluding hydrogens is 268 g/mol. The highest BCUT2D eigenvalue weighted by Crippen LogP contribution is 2.24. The highest BCUT2D eigenvalue weighted by molar-refractivity contribution is 6.05. The fourth-order valence-corrected chi connectivity index (χ4v) is 2.12. The van der Waals surface area contributed by atoms with Crippen LogP contribution in [0.5, 0.6) is 0 Å². The Balaban J connectivity index is 2.35. The Morgan fingerprint density at radius 2 is 1.86 bits per heavy atom. The number of rotatable bonds is 5. The molecule has 0 bridgehead atoms. The Morgan fingerprint density at radius 3 is 2.43 bits per heavy atom. The van der Waals surface area contributed by atoms with Gasteiger partial charge in [0.05, 0.1) is 11.3 Å². The molecule has 0 fully saturated rings. The summed E-state index contributed by atoms with van der Waals surface area (Å²) < 4.78 is 0. The van der Waals surface area contributed by atoms with Crippen LogP contribution < -0.4 is 11.1 Å². The molecule has 2 aromatic carbocycles. The smallest absolute Gasteiger partial charge is 0.337 e. The van der Waals surface area contributed by atoms with E-state index in [9.17, 15) is 14.7 Å². The van der Waals surface area contributed by atoms with Gasteiger partial charge in [0, 0.05) is 6.42 Å². The van der Waals surface area contributed by atoms with Crippen LogP contribution in [0.3, 0.4) is 0 Å². The van der Waals surface area contributed by atoms with E-state index in [0.717, 1.165) is 10.8 Å². The number of carboxylic acids is 1. The number of anilines is 1. The second kappa shape index (κ2) is 6.37. The molecule has 2 rings (SSSR count). The number of aromatic carboxylic acids is 1. The maximum absolute atomic E-state index is 11.9. The van der Waals surface area contributed by atoms with Crippen LogP contribution in [-0.2, 0) is 4.79 Å².